The minimum Gasteiger partial charge on any atom is -0.356 e. The molecule has 0 amide bonds. The van der Waals surface area contributed by atoms with Gasteiger partial charge in [-0.25, -0.2) is 15.0 Å². The summed E-state index contributed by atoms with van der Waals surface area (Å²) in [6.07, 6.45) is 6.04. The van der Waals surface area contributed by atoms with Gasteiger partial charge in [-0.05, 0) is 0 Å². The molecule has 0 spiro atoms. The van der Waals surface area contributed by atoms with Crippen molar-refractivity contribution in [3.63, 3.8) is 0 Å². The smallest absolute Gasteiger partial charge is 0.182 e. The van der Waals surface area contributed by atoms with Gasteiger partial charge >= 0.3 is 0 Å². The van der Waals surface area contributed by atoms with Crippen LogP contribution in [0.15, 0.2) is 55.0 Å². The summed E-state index contributed by atoms with van der Waals surface area (Å²) in [5, 5.41) is 0. The molecule has 1 fully saturated rings. The zero-order chi connectivity index (χ0) is 17.1. The van der Waals surface area contributed by atoms with Crippen LogP contribution in [0.3, 0.4) is 0 Å². The minimum absolute atomic E-state index is 0.308. The number of aromatic nitrogens is 4. The fraction of sp³-hybridized carbons (Fsp3) is 0.211. The van der Waals surface area contributed by atoms with Gasteiger partial charge in [0.25, 0.3) is 0 Å². The average molecular weight is 331 g/mol. The van der Waals surface area contributed by atoms with Gasteiger partial charge in [0.1, 0.15) is 17.3 Å². The normalized spacial score (nSPS) is 14.6. The van der Waals surface area contributed by atoms with Gasteiger partial charge in [-0.1, -0.05) is 30.3 Å². The number of Topliss-reactive ketones (excluding diaryl/α,β-unsaturated/α-hetero) is 1. The van der Waals surface area contributed by atoms with E-state index in [0.717, 1.165) is 17.1 Å². The van der Waals surface area contributed by atoms with Crippen molar-refractivity contribution >= 4 is 11.6 Å². The minimum atomic E-state index is 0.308. The van der Waals surface area contributed by atoms with Crippen LogP contribution in [-0.2, 0) is 4.79 Å². The lowest BCUT2D eigenvalue weighted by Crippen LogP contribution is -2.34. The third-order valence-corrected chi connectivity index (χ3v) is 4.22. The van der Waals surface area contributed by atoms with Gasteiger partial charge in [-0.2, -0.15) is 0 Å². The number of benzene rings is 1. The van der Waals surface area contributed by atoms with Crippen LogP contribution >= 0.6 is 0 Å². The highest BCUT2D eigenvalue weighted by Gasteiger charge is 2.19. The van der Waals surface area contributed by atoms with Crippen molar-refractivity contribution < 1.29 is 4.79 Å². The van der Waals surface area contributed by atoms with Gasteiger partial charge in [-0.3, -0.25) is 9.78 Å². The Hall–Kier alpha value is -3.15. The van der Waals surface area contributed by atoms with Crippen LogP contribution in [0.2, 0.25) is 0 Å². The van der Waals surface area contributed by atoms with Gasteiger partial charge in [-0.15, -0.1) is 0 Å². The monoisotopic (exact) mass is 331 g/mol. The summed E-state index contributed by atoms with van der Waals surface area (Å²) < 4.78 is 0. The molecule has 6 nitrogen and oxygen atoms in total. The second kappa shape index (κ2) is 6.76. The summed E-state index contributed by atoms with van der Waals surface area (Å²) >= 11 is 0. The number of anilines is 1. The number of carbonyl (C=O) groups excluding carboxylic acids is 1. The Morgan fingerprint density at radius 3 is 2.44 bits per heavy atom. The van der Waals surface area contributed by atoms with Crippen LogP contribution in [0.1, 0.15) is 12.8 Å². The molecule has 124 valence electrons. The van der Waals surface area contributed by atoms with E-state index in [-0.39, 0.29) is 0 Å². The average Bonchev–Trinajstić information content (AvgIpc) is 2.69. The first kappa shape index (κ1) is 15.4. The number of rotatable bonds is 3. The summed E-state index contributed by atoms with van der Waals surface area (Å²) in [7, 11) is 0. The maximum atomic E-state index is 11.5. The first-order chi connectivity index (χ1) is 12.3. The van der Waals surface area contributed by atoms with Crippen LogP contribution in [-0.4, -0.2) is 38.8 Å². The first-order valence-electron chi connectivity index (χ1n) is 8.27. The van der Waals surface area contributed by atoms with Crippen molar-refractivity contribution in [1.82, 2.24) is 19.9 Å². The summed E-state index contributed by atoms with van der Waals surface area (Å²) in [6.45, 7) is 1.37. The van der Waals surface area contributed by atoms with E-state index in [4.69, 9.17) is 0 Å². The Kier molecular flexibility index (Phi) is 4.16. The van der Waals surface area contributed by atoms with Crippen LogP contribution in [0, 0.1) is 0 Å². The lowest BCUT2D eigenvalue weighted by molar-refractivity contribution is -0.119. The molecule has 0 aliphatic carbocycles. The molecule has 0 N–H and O–H groups in total. The molecular weight excluding hydrogens is 314 g/mol. The number of hydrogen-bond acceptors (Lipinski definition) is 6. The van der Waals surface area contributed by atoms with Crippen molar-refractivity contribution in [2.45, 2.75) is 12.8 Å². The molecule has 1 aromatic carbocycles. The van der Waals surface area contributed by atoms with E-state index in [1.165, 1.54) is 0 Å². The molecule has 1 aliphatic rings. The van der Waals surface area contributed by atoms with E-state index in [1.54, 1.807) is 18.6 Å². The Morgan fingerprint density at radius 1 is 0.920 bits per heavy atom. The quantitative estimate of drug-likeness (QED) is 0.735. The van der Waals surface area contributed by atoms with Gasteiger partial charge in [0.15, 0.2) is 5.82 Å². The Bertz CT molecular complexity index is 815. The third kappa shape index (κ3) is 3.38. The van der Waals surface area contributed by atoms with E-state index in [1.807, 2.05) is 36.4 Å². The van der Waals surface area contributed by atoms with Crippen molar-refractivity contribution in [3.8, 4) is 22.8 Å². The first-order valence-corrected chi connectivity index (χ1v) is 8.27. The fourth-order valence-corrected chi connectivity index (χ4v) is 2.87. The maximum absolute atomic E-state index is 11.5. The molecule has 3 heterocycles. The predicted octanol–water partition coefficient (Wildman–Crippen LogP) is 2.77. The molecule has 4 rings (SSSR count). The largest absolute Gasteiger partial charge is 0.356 e. The van der Waals surface area contributed by atoms with E-state index in [9.17, 15) is 4.79 Å². The summed E-state index contributed by atoms with van der Waals surface area (Å²) in [6, 6.07) is 12.0. The SMILES string of the molecule is O=C1CCN(c2cc(-c3ccccc3)nc(-c3cnccn3)n2)CC1. The maximum Gasteiger partial charge on any atom is 0.182 e. The van der Waals surface area contributed by atoms with Crippen molar-refractivity contribution in [1.29, 1.82) is 0 Å². The fourth-order valence-electron chi connectivity index (χ4n) is 2.87. The molecular formula is C19H17N5O. The third-order valence-electron chi connectivity index (χ3n) is 4.22. The molecule has 0 unspecified atom stereocenters. The van der Waals surface area contributed by atoms with Crippen molar-refractivity contribution in [2.24, 2.45) is 0 Å². The van der Waals surface area contributed by atoms with Crippen LogP contribution in [0.5, 0.6) is 0 Å². The molecule has 3 aromatic rings. The zero-order valence-corrected chi connectivity index (χ0v) is 13.7. The second-order valence-corrected chi connectivity index (χ2v) is 5.92. The highest BCUT2D eigenvalue weighted by molar-refractivity contribution is 5.81. The summed E-state index contributed by atoms with van der Waals surface area (Å²) in [4.78, 5) is 31.5. The highest BCUT2D eigenvalue weighted by Crippen LogP contribution is 2.26. The predicted molar refractivity (Wildman–Crippen MR) is 94.9 cm³/mol. The second-order valence-electron chi connectivity index (χ2n) is 5.92. The summed E-state index contributed by atoms with van der Waals surface area (Å²) in [5.74, 6) is 1.67. The van der Waals surface area contributed by atoms with E-state index >= 15 is 0 Å². The van der Waals surface area contributed by atoms with Crippen LogP contribution in [0.25, 0.3) is 22.8 Å². The van der Waals surface area contributed by atoms with Gasteiger partial charge in [0.2, 0.25) is 0 Å². The number of piperidine rings is 1. The number of carbonyl (C=O) groups is 1. The molecule has 0 radical (unpaired) electrons. The molecule has 0 bridgehead atoms. The van der Waals surface area contributed by atoms with E-state index in [2.05, 4.69) is 24.8 Å². The Balaban J connectivity index is 1.79. The molecule has 25 heavy (non-hydrogen) atoms. The summed E-state index contributed by atoms with van der Waals surface area (Å²) in [5.41, 5.74) is 2.49. The number of nitrogens with zero attached hydrogens (tertiary/aromatic N) is 5. The molecule has 1 aliphatic heterocycles. The van der Waals surface area contributed by atoms with Gasteiger partial charge < -0.3 is 4.90 Å². The van der Waals surface area contributed by atoms with Gasteiger partial charge in [0, 0.05) is 50.0 Å². The molecule has 6 heteroatoms. The standard InChI is InChI=1S/C19H17N5O/c25-15-6-10-24(11-7-15)18-12-16(14-4-2-1-3-5-14)22-19(23-18)17-13-20-8-9-21-17/h1-5,8-9,12-13H,6-7,10-11H2. The van der Waals surface area contributed by atoms with Crippen molar-refractivity contribution in [2.75, 3.05) is 18.0 Å². The van der Waals surface area contributed by atoms with Gasteiger partial charge in [0.05, 0.1) is 11.9 Å². The topological polar surface area (TPSA) is 71.9 Å². The van der Waals surface area contributed by atoms with Crippen LogP contribution < -0.4 is 4.90 Å². The Labute approximate surface area is 145 Å². The molecule has 2 aromatic heterocycles. The Morgan fingerprint density at radius 2 is 1.72 bits per heavy atom. The van der Waals surface area contributed by atoms with E-state index in [0.29, 0.717) is 43.2 Å². The lowest BCUT2D eigenvalue weighted by atomic mass is 10.1. The number of hydrogen-bond donors (Lipinski definition) is 0. The highest BCUT2D eigenvalue weighted by atomic mass is 16.1. The van der Waals surface area contributed by atoms with Crippen molar-refractivity contribution in [3.05, 3.63) is 55.0 Å². The zero-order valence-electron chi connectivity index (χ0n) is 13.7. The molecule has 0 saturated carbocycles. The van der Waals surface area contributed by atoms with E-state index < -0.39 is 0 Å². The molecule has 1 saturated heterocycles. The van der Waals surface area contributed by atoms with Crippen LogP contribution in [0.4, 0.5) is 5.82 Å². The lowest BCUT2D eigenvalue weighted by Gasteiger charge is -2.27. The molecule has 0 atom stereocenters. The number of ketones is 1.